The number of aryl methyl sites for hydroxylation is 2. The first-order chi connectivity index (χ1) is 7.67. The van der Waals surface area contributed by atoms with Crippen molar-refractivity contribution in [1.82, 2.24) is 15.0 Å². The van der Waals surface area contributed by atoms with Crippen LogP contribution in [0.3, 0.4) is 0 Å². The Morgan fingerprint density at radius 3 is 2.62 bits per heavy atom. The Labute approximate surface area is 98.0 Å². The predicted molar refractivity (Wildman–Crippen MR) is 62.3 cm³/mol. The maximum atomic E-state index is 9.05. The molecule has 0 aromatic carbocycles. The van der Waals surface area contributed by atoms with E-state index in [0.29, 0.717) is 12.1 Å². The van der Waals surface area contributed by atoms with Crippen LogP contribution in [0.1, 0.15) is 27.9 Å². The zero-order chi connectivity index (χ0) is 11.5. The summed E-state index contributed by atoms with van der Waals surface area (Å²) in [6, 6.07) is 1.79. The topological polar surface area (TPSA) is 58.9 Å². The summed E-state index contributed by atoms with van der Waals surface area (Å²) in [5, 5.41) is 12.1. The van der Waals surface area contributed by atoms with Crippen molar-refractivity contribution in [2.24, 2.45) is 0 Å². The molecule has 5 heteroatoms. The van der Waals surface area contributed by atoms with Gasteiger partial charge in [-0.1, -0.05) is 0 Å². The minimum Gasteiger partial charge on any atom is -0.390 e. The monoisotopic (exact) mass is 235 g/mol. The number of thiazole rings is 1. The Morgan fingerprint density at radius 1 is 1.19 bits per heavy atom. The molecule has 2 aromatic rings. The Kier molecular flexibility index (Phi) is 3.26. The third-order valence-electron chi connectivity index (χ3n) is 2.09. The van der Waals surface area contributed by atoms with Gasteiger partial charge in [-0.05, 0) is 19.9 Å². The van der Waals surface area contributed by atoms with Crippen molar-refractivity contribution in [3.8, 4) is 0 Å². The van der Waals surface area contributed by atoms with Crippen molar-refractivity contribution in [3.05, 3.63) is 39.4 Å². The number of nitrogens with zero attached hydrogens (tertiary/aromatic N) is 3. The normalized spacial score (nSPS) is 10.7. The molecule has 0 amide bonds. The largest absolute Gasteiger partial charge is 0.390 e. The van der Waals surface area contributed by atoms with E-state index in [1.807, 2.05) is 19.2 Å². The van der Waals surface area contributed by atoms with Gasteiger partial charge in [-0.3, -0.25) is 0 Å². The molecule has 0 saturated carbocycles. The van der Waals surface area contributed by atoms with Gasteiger partial charge >= 0.3 is 0 Å². The maximum Gasteiger partial charge on any atom is 0.135 e. The highest BCUT2D eigenvalue weighted by Gasteiger charge is 2.05. The van der Waals surface area contributed by atoms with E-state index in [9.17, 15) is 0 Å². The molecule has 0 fully saturated rings. The van der Waals surface area contributed by atoms with Crippen molar-refractivity contribution in [3.63, 3.8) is 0 Å². The fourth-order valence-corrected chi connectivity index (χ4v) is 2.25. The average molecular weight is 235 g/mol. The fourth-order valence-electron chi connectivity index (χ4n) is 1.48. The molecule has 16 heavy (non-hydrogen) atoms. The summed E-state index contributed by atoms with van der Waals surface area (Å²) < 4.78 is 0. The second-order valence-electron chi connectivity index (χ2n) is 3.63. The van der Waals surface area contributed by atoms with E-state index in [1.54, 1.807) is 17.4 Å². The predicted octanol–water partition coefficient (Wildman–Crippen LogP) is 1.63. The molecule has 0 aliphatic heterocycles. The Hall–Kier alpha value is -1.33. The first kappa shape index (κ1) is 11.2. The van der Waals surface area contributed by atoms with Crippen molar-refractivity contribution >= 4 is 11.3 Å². The number of aliphatic hydroxyl groups excluding tert-OH is 1. The molecular weight excluding hydrogens is 222 g/mol. The van der Waals surface area contributed by atoms with Gasteiger partial charge in [0, 0.05) is 16.8 Å². The molecule has 2 heterocycles. The van der Waals surface area contributed by atoms with E-state index in [1.165, 1.54) is 0 Å². The van der Waals surface area contributed by atoms with E-state index >= 15 is 0 Å². The quantitative estimate of drug-likeness (QED) is 0.878. The molecule has 4 nitrogen and oxygen atoms in total. The van der Waals surface area contributed by atoms with E-state index in [0.717, 1.165) is 22.2 Å². The van der Waals surface area contributed by atoms with E-state index in [2.05, 4.69) is 15.0 Å². The SMILES string of the molecule is Cc1cc(CO)nc(Cc2nc(C)cs2)n1. The molecule has 0 aliphatic carbocycles. The third-order valence-corrected chi connectivity index (χ3v) is 3.06. The molecule has 0 saturated heterocycles. The highest BCUT2D eigenvalue weighted by atomic mass is 32.1. The van der Waals surface area contributed by atoms with E-state index in [4.69, 9.17) is 5.11 Å². The number of aliphatic hydroxyl groups is 1. The van der Waals surface area contributed by atoms with Crippen LogP contribution < -0.4 is 0 Å². The van der Waals surface area contributed by atoms with Crippen LogP contribution in [-0.4, -0.2) is 20.1 Å². The fraction of sp³-hybridized carbons (Fsp3) is 0.364. The molecule has 0 spiro atoms. The van der Waals surface area contributed by atoms with Gasteiger partial charge in [-0.2, -0.15) is 0 Å². The van der Waals surface area contributed by atoms with Gasteiger partial charge in [-0.15, -0.1) is 11.3 Å². The smallest absolute Gasteiger partial charge is 0.135 e. The summed E-state index contributed by atoms with van der Waals surface area (Å²) in [5.74, 6) is 0.721. The van der Waals surface area contributed by atoms with Crippen LogP contribution in [-0.2, 0) is 13.0 Å². The van der Waals surface area contributed by atoms with Gasteiger partial charge in [0.25, 0.3) is 0 Å². The second-order valence-corrected chi connectivity index (χ2v) is 4.58. The van der Waals surface area contributed by atoms with Gasteiger partial charge < -0.3 is 5.11 Å². The van der Waals surface area contributed by atoms with Crippen LogP contribution in [0.5, 0.6) is 0 Å². The lowest BCUT2D eigenvalue weighted by molar-refractivity contribution is 0.276. The van der Waals surface area contributed by atoms with Gasteiger partial charge in [-0.25, -0.2) is 15.0 Å². The van der Waals surface area contributed by atoms with Crippen LogP contribution in [0.4, 0.5) is 0 Å². The number of hydrogen-bond acceptors (Lipinski definition) is 5. The lowest BCUT2D eigenvalue weighted by Crippen LogP contribution is -2.02. The molecule has 84 valence electrons. The summed E-state index contributed by atoms with van der Waals surface area (Å²) in [6.07, 6.45) is 0.632. The second kappa shape index (κ2) is 4.67. The molecule has 0 radical (unpaired) electrons. The highest BCUT2D eigenvalue weighted by molar-refractivity contribution is 7.09. The van der Waals surface area contributed by atoms with Crippen molar-refractivity contribution in [2.45, 2.75) is 26.9 Å². The van der Waals surface area contributed by atoms with E-state index < -0.39 is 0 Å². The first-order valence-electron chi connectivity index (χ1n) is 5.02. The lowest BCUT2D eigenvalue weighted by atomic mass is 10.3. The molecule has 2 rings (SSSR count). The Morgan fingerprint density at radius 2 is 2.00 bits per heavy atom. The average Bonchev–Trinajstić information content (AvgIpc) is 2.63. The molecular formula is C11H13N3OS. The molecule has 1 N–H and O–H groups in total. The van der Waals surface area contributed by atoms with Crippen LogP contribution >= 0.6 is 11.3 Å². The van der Waals surface area contributed by atoms with Crippen molar-refractivity contribution in [2.75, 3.05) is 0 Å². The molecule has 2 aromatic heterocycles. The summed E-state index contributed by atoms with van der Waals surface area (Å²) in [5.41, 5.74) is 2.56. The Balaban J connectivity index is 2.24. The minimum atomic E-state index is -0.0484. The minimum absolute atomic E-state index is 0.0484. The van der Waals surface area contributed by atoms with Crippen LogP contribution in [0.25, 0.3) is 0 Å². The van der Waals surface area contributed by atoms with Crippen LogP contribution in [0.2, 0.25) is 0 Å². The maximum absolute atomic E-state index is 9.05. The summed E-state index contributed by atoms with van der Waals surface area (Å²) in [7, 11) is 0. The number of hydrogen-bond donors (Lipinski definition) is 1. The van der Waals surface area contributed by atoms with E-state index in [-0.39, 0.29) is 6.61 Å². The molecule has 0 bridgehead atoms. The van der Waals surface area contributed by atoms with Gasteiger partial charge in [0.05, 0.1) is 18.7 Å². The molecule has 0 aliphatic rings. The number of aromatic nitrogens is 3. The zero-order valence-corrected chi connectivity index (χ0v) is 10.1. The van der Waals surface area contributed by atoms with Gasteiger partial charge in [0.1, 0.15) is 10.8 Å². The molecule has 0 unspecified atom stereocenters. The first-order valence-corrected chi connectivity index (χ1v) is 5.90. The standard InChI is InChI=1S/C11H13N3OS/c1-7-3-9(5-15)14-10(12-7)4-11-13-8(2)6-16-11/h3,6,15H,4-5H2,1-2H3. The van der Waals surface area contributed by atoms with Gasteiger partial charge in [0.2, 0.25) is 0 Å². The summed E-state index contributed by atoms with van der Waals surface area (Å²) >= 11 is 1.61. The van der Waals surface area contributed by atoms with Crippen LogP contribution in [0.15, 0.2) is 11.4 Å². The number of rotatable bonds is 3. The highest BCUT2D eigenvalue weighted by Crippen LogP contribution is 2.12. The van der Waals surface area contributed by atoms with Crippen molar-refractivity contribution < 1.29 is 5.11 Å². The zero-order valence-electron chi connectivity index (χ0n) is 9.27. The third kappa shape index (κ3) is 2.62. The van der Waals surface area contributed by atoms with Gasteiger partial charge in [0.15, 0.2) is 0 Å². The lowest BCUT2D eigenvalue weighted by Gasteiger charge is -2.02. The van der Waals surface area contributed by atoms with Crippen molar-refractivity contribution in [1.29, 1.82) is 0 Å². The summed E-state index contributed by atoms with van der Waals surface area (Å²) in [6.45, 7) is 3.82. The summed E-state index contributed by atoms with van der Waals surface area (Å²) in [4.78, 5) is 13.0. The Bertz CT molecular complexity index is 496. The van der Waals surface area contributed by atoms with Crippen LogP contribution in [0, 0.1) is 13.8 Å². The molecule has 0 atom stereocenters.